The Kier molecular flexibility index (Phi) is 8.38. The Morgan fingerprint density at radius 1 is 0.348 bits per heavy atom. The van der Waals surface area contributed by atoms with Gasteiger partial charge in [-0.15, -0.1) is 0 Å². The van der Waals surface area contributed by atoms with Gasteiger partial charge in [0.2, 0.25) is 17.5 Å². The summed E-state index contributed by atoms with van der Waals surface area (Å²) in [5.74, 6) is -44.7. The molecule has 0 N–H and O–H groups in total. The van der Waals surface area contributed by atoms with Gasteiger partial charge in [-0.05, 0) is 28.8 Å². The van der Waals surface area contributed by atoms with Crippen LogP contribution in [0.15, 0.2) is 42.5 Å². The van der Waals surface area contributed by atoms with Crippen molar-refractivity contribution in [1.29, 1.82) is 0 Å². The molecule has 0 aliphatic heterocycles. The lowest BCUT2D eigenvalue weighted by Crippen LogP contribution is -2.73. The van der Waals surface area contributed by atoms with Crippen LogP contribution in [0.4, 0.5) is 65.9 Å². The van der Waals surface area contributed by atoms with Crippen molar-refractivity contribution in [3.8, 4) is 0 Å². The number of rotatable bonds is 6. The molecule has 0 radical (unpaired) electrons. The van der Waals surface area contributed by atoms with Crippen LogP contribution in [0.3, 0.4) is 0 Å². The minimum Gasteiger partial charge on any atom is -0.204 e. The Labute approximate surface area is 248 Å². The van der Waals surface area contributed by atoms with Crippen LogP contribution in [-0.2, 0) is 6.42 Å². The highest BCUT2D eigenvalue weighted by Crippen LogP contribution is 2.31. The van der Waals surface area contributed by atoms with Crippen LogP contribution in [0.2, 0.25) is 6.04 Å². The Hall–Kier alpha value is -4.47. The molecule has 0 aliphatic rings. The van der Waals surface area contributed by atoms with Gasteiger partial charge in [-0.1, -0.05) is 42.5 Å². The van der Waals surface area contributed by atoms with Gasteiger partial charge in [-0.2, -0.15) is 0 Å². The summed E-state index contributed by atoms with van der Waals surface area (Å²) in [5, 5.41) is -6.67. The molecule has 0 heterocycles. The lowest BCUT2D eigenvalue weighted by Gasteiger charge is -2.35. The summed E-state index contributed by atoms with van der Waals surface area (Å²) in [7, 11) is -6.89. The number of aryl methyl sites for hydroxylation is 1. The van der Waals surface area contributed by atoms with E-state index in [1.807, 2.05) is 0 Å². The maximum absolute atomic E-state index is 15.6. The van der Waals surface area contributed by atoms with Crippen LogP contribution in [0.25, 0.3) is 10.8 Å². The first-order chi connectivity index (χ1) is 21.6. The van der Waals surface area contributed by atoms with Gasteiger partial charge in [0.05, 0.1) is 0 Å². The monoisotopic (exact) mass is 684 g/mol. The zero-order valence-electron chi connectivity index (χ0n) is 22.1. The molecule has 0 aliphatic carbocycles. The van der Waals surface area contributed by atoms with E-state index in [9.17, 15) is 39.5 Å². The van der Waals surface area contributed by atoms with Gasteiger partial charge in [0, 0.05) is 15.6 Å². The molecule has 0 atom stereocenters. The van der Waals surface area contributed by atoms with E-state index in [0.29, 0.717) is 10.8 Å². The van der Waals surface area contributed by atoms with E-state index in [0.717, 1.165) is 0 Å². The molecule has 5 aromatic carbocycles. The first-order valence-electron chi connectivity index (χ1n) is 12.6. The van der Waals surface area contributed by atoms with E-state index in [4.69, 9.17) is 0 Å². The molecule has 0 saturated heterocycles. The van der Waals surface area contributed by atoms with Gasteiger partial charge in [0.25, 0.3) is 0 Å². The molecular weight excluding hydrogens is 673 g/mol. The largest absolute Gasteiger partial charge is 0.204 e. The Balaban J connectivity index is 2.04. The van der Waals surface area contributed by atoms with Crippen molar-refractivity contribution in [2.45, 2.75) is 12.5 Å². The summed E-state index contributed by atoms with van der Waals surface area (Å²) in [6.45, 7) is 0. The van der Waals surface area contributed by atoms with E-state index < -0.39 is 123 Å². The number of halogens is 15. The van der Waals surface area contributed by atoms with Crippen LogP contribution < -0.4 is 15.6 Å². The van der Waals surface area contributed by atoms with E-state index in [-0.39, 0.29) is 5.56 Å². The van der Waals surface area contributed by atoms with Crippen molar-refractivity contribution in [2.24, 2.45) is 0 Å². The van der Waals surface area contributed by atoms with Crippen molar-refractivity contribution in [1.82, 2.24) is 0 Å². The number of benzene rings is 5. The number of hydrogen-bond acceptors (Lipinski definition) is 0. The highest BCUT2D eigenvalue weighted by atomic mass is 28.3. The molecule has 0 spiro atoms. The summed E-state index contributed by atoms with van der Waals surface area (Å²) in [5.41, 5.74) is -0.0767. The smallest absolute Gasteiger partial charge is 0.200 e. The molecule has 0 unspecified atom stereocenters. The average Bonchev–Trinajstić information content (AvgIpc) is 3.05. The highest BCUT2D eigenvalue weighted by Gasteiger charge is 2.55. The molecule has 5 rings (SSSR count). The van der Waals surface area contributed by atoms with E-state index >= 15 is 26.3 Å². The number of hydrogen-bond donors (Lipinski definition) is 0. The first kappa shape index (κ1) is 32.9. The zero-order valence-corrected chi connectivity index (χ0v) is 23.1. The standard InChI is InChI=1S/C30H11F15Si/c31-13-16(34)22(40)28(23(41)17(13)35)46(29-24(42)18(36)14(32)19(37)25(29)43,30-26(44)20(38)15(33)21(39)27(30)45)8-7-10-5-6-11-3-1-2-4-12(11)9-10/h1-6,9H,7-8H2. The van der Waals surface area contributed by atoms with Gasteiger partial charge in [0.15, 0.2) is 77.9 Å². The maximum Gasteiger partial charge on any atom is 0.200 e. The molecule has 0 saturated carbocycles. The molecule has 0 amide bonds. The minimum absolute atomic E-state index is 0.0767. The minimum atomic E-state index is -6.89. The Morgan fingerprint density at radius 3 is 1.00 bits per heavy atom. The van der Waals surface area contributed by atoms with Crippen LogP contribution in [-0.4, -0.2) is 8.07 Å². The van der Waals surface area contributed by atoms with Crippen molar-refractivity contribution >= 4 is 34.4 Å². The summed E-state index contributed by atoms with van der Waals surface area (Å²) in [6.07, 6.45) is -0.963. The molecule has 0 nitrogen and oxygen atoms in total. The average molecular weight is 684 g/mol. The van der Waals surface area contributed by atoms with Crippen molar-refractivity contribution < 1.29 is 65.9 Å². The third-order valence-electron chi connectivity index (χ3n) is 7.51. The van der Waals surface area contributed by atoms with Crippen LogP contribution >= 0.6 is 0 Å². The van der Waals surface area contributed by atoms with Crippen LogP contribution in [0, 0.1) is 87.3 Å². The molecular formula is C30H11F15Si. The van der Waals surface area contributed by atoms with Gasteiger partial charge >= 0.3 is 0 Å². The normalized spacial score (nSPS) is 12.0. The second-order valence-electron chi connectivity index (χ2n) is 9.92. The van der Waals surface area contributed by atoms with Crippen LogP contribution in [0.5, 0.6) is 0 Å². The molecule has 0 fully saturated rings. The van der Waals surface area contributed by atoms with Crippen molar-refractivity contribution in [3.63, 3.8) is 0 Å². The second-order valence-corrected chi connectivity index (χ2v) is 13.7. The first-order valence-corrected chi connectivity index (χ1v) is 14.8. The predicted molar refractivity (Wildman–Crippen MR) is 136 cm³/mol. The maximum atomic E-state index is 15.6. The fraction of sp³-hybridized carbons (Fsp3) is 0.0667. The van der Waals surface area contributed by atoms with Gasteiger partial charge < -0.3 is 0 Å². The predicted octanol–water partition coefficient (Wildman–Crippen LogP) is 7.64. The lowest BCUT2D eigenvalue weighted by atomic mass is 10.1. The molecule has 0 aromatic heterocycles. The summed E-state index contributed by atoms with van der Waals surface area (Å²) in [6, 6.07) is 8.36. The SMILES string of the molecule is Fc1c(F)c(F)c([Si](CCc2ccc3ccccc3c2)(c2c(F)c(F)c(F)c(F)c2F)c2c(F)c(F)c(F)c(F)c2F)c(F)c1F. The fourth-order valence-electron chi connectivity index (χ4n) is 5.41. The summed E-state index contributed by atoms with van der Waals surface area (Å²) >= 11 is 0. The molecule has 5 aromatic rings. The molecule has 46 heavy (non-hydrogen) atoms. The second kappa shape index (κ2) is 11.7. The Morgan fingerprint density at radius 2 is 0.652 bits per heavy atom. The van der Waals surface area contributed by atoms with Gasteiger partial charge in [0.1, 0.15) is 0 Å². The molecule has 240 valence electrons. The third-order valence-corrected chi connectivity index (χ3v) is 12.4. The van der Waals surface area contributed by atoms with E-state index in [1.165, 1.54) is 30.3 Å². The summed E-state index contributed by atoms with van der Waals surface area (Å²) in [4.78, 5) is 0. The quantitative estimate of drug-likeness (QED) is 0.0568. The number of fused-ring (bicyclic) bond motifs is 1. The fourth-order valence-corrected chi connectivity index (χ4v) is 10.5. The third kappa shape index (κ3) is 4.72. The molecule has 16 heteroatoms. The van der Waals surface area contributed by atoms with E-state index in [2.05, 4.69) is 0 Å². The Bertz CT molecular complexity index is 1820. The van der Waals surface area contributed by atoms with Crippen LogP contribution in [0.1, 0.15) is 5.56 Å². The van der Waals surface area contributed by atoms with Gasteiger partial charge in [-0.25, -0.2) is 65.9 Å². The summed E-state index contributed by atoms with van der Waals surface area (Å²) < 4.78 is 224. The van der Waals surface area contributed by atoms with Crippen molar-refractivity contribution in [2.75, 3.05) is 0 Å². The highest BCUT2D eigenvalue weighted by molar-refractivity contribution is 7.11. The lowest BCUT2D eigenvalue weighted by molar-refractivity contribution is 0.379. The zero-order chi connectivity index (χ0) is 34.0. The van der Waals surface area contributed by atoms with Gasteiger partial charge in [-0.3, -0.25) is 0 Å². The van der Waals surface area contributed by atoms with Crippen molar-refractivity contribution in [3.05, 3.63) is 135 Å². The molecule has 0 bridgehead atoms. The topological polar surface area (TPSA) is 0 Å². The van der Waals surface area contributed by atoms with E-state index in [1.54, 1.807) is 12.1 Å².